The zero-order valence-corrected chi connectivity index (χ0v) is 11.5. The molecule has 4 nitrogen and oxygen atoms in total. The summed E-state index contributed by atoms with van der Waals surface area (Å²) in [7, 11) is 0. The summed E-state index contributed by atoms with van der Waals surface area (Å²) in [6.45, 7) is 0.332. The van der Waals surface area contributed by atoms with Gasteiger partial charge in [-0.3, -0.25) is 9.78 Å². The number of aromatic nitrogens is 1. The van der Waals surface area contributed by atoms with Gasteiger partial charge in [-0.1, -0.05) is 30.0 Å². The van der Waals surface area contributed by atoms with Crippen molar-refractivity contribution in [2.45, 2.75) is 13.0 Å². The summed E-state index contributed by atoms with van der Waals surface area (Å²) in [5.74, 6) is 5.38. The Labute approximate surface area is 123 Å². The minimum absolute atomic E-state index is 0.0350. The van der Waals surface area contributed by atoms with Gasteiger partial charge in [-0.15, -0.1) is 0 Å². The maximum atomic E-state index is 11.8. The lowest BCUT2D eigenvalue weighted by atomic mass is 10.1. The van der Waals surface area contributed by atoms with Crippen LogP contribution in [0.3, 0.4) is 0 Å². The van der Waals surface area contributed by atoms with Gasteiger partial charge in [0.25, 0.3) is 0 Å². The molecule has 0 aliphatic carbocycles. The van der Waals surface area contributed by atoms with E-state index in [0.717, 1.165) is 16.7 Å². The summed E-state index contributed by atoms with van der Waals surface area (Å²) in [5, 5.41) is 11.5. The fourth-order valence-corrected chi connectivity index (χ4v) is 1.80. The Morgan fingerprint density at radius 1 is 1.19 bits per heavy atom. The van der Waals surface area contributed by atoms with Crippen LogP contribution < -0.4 is 5.32 Å². The molecule has 21 heavy (non-hydrogen) atoms. The molecule has 0 saturated heterocycles. The van der Waals surface area contributed by atoms with Gasteiger partial charge in [-0.2, -0.15) is 0 Å². The third-order valence-corrected chi connectivity index (χ3v) is 2.84. The van der Waals surface area contributed by atoms with Crippen molar-refractivity contribution >= 4 is 5.91 Å². The van der Waals surface area contributed by atoms with E-state index in [2.05, 4.69) is 22.1 Å². The number of carbonyl (C=O) groups excluding carboxylic acids is 1. The van der Waals surface area contributed by atoms with Crippen molar-refractivity contribution < 1.29 is 9.90 Å². The summed E-state index contributed by atoms with van der Waals surface area (Å²) in [5.41, 5.74) is 2.74. The molecule has 0 aliphatic heterocycles. The highest BCUT2D eigenvalue weighted by Gasteiger charge is 2.03. The van der Waals surface area contributed by atoms with E-state index in [9.17, 15) is 4.79 Å². The van der Waals surface area contributed by atoms with Crippen LogP contribution in [0.15, 0.2) is 48.8 Å². The summed E-state index contributed by atoms with van der Waals surface area (Å²) >= 11 is 0. The SMILES string of the molecule is O=C(Cc1cccnc1)NCc1ccc(C#CCO)cc1. The number of benzene rings is 1. The van der Waals surface area contributed by atoms with Crippen LogP contribution in [-0.2, 0) is 17.8 Å². The molecule has 1 amide bonds. The summed E-state index contributed by atoms with van der Waals surface area (Å²) in [6.07, 6.45) is 3.70. The van der Waals surface area contributed by atoms with Gasteiger partial charge in [0.05, 0.1) is 6.42 Å². The minimum atomic E-state index is -0.147. The average molecular weight is 280 g/mol. The Kier molecular flexibility index (Phi) is 5.50. The normalized spacial score (nSPS) is 9.57. The van der Waals surface area contributed by atoms with Crippen molar-refractivity contribution in [2.75, 3.05) is 6.61 Å². The van der Waals surface area contributed by atoms with Gasteiger partial charge in [-0.25, -0.2) is 0 Å². The standard InChI is InChI=1S/C17H16N2O2/c20-10-2-4-14-5-7-15(8-6-14)13-19-17(21)11-16-3-1-9-18-12-16/h1,3,5-9,12,20H,10-11,13H2,(H,19,21). The van der Waals surface area contributed by atoms with E-state index in [0.29, 0.717) is 13.0 Å². The molecule has 2 aromatic rings. The van der Waals surface area contributed by atoms with Gasteiger partial charge in [-0.05, 0) is 29.3 Å². The Bertz CT molecular complexity index is 640. The van der Waals surface area contributed by atoms with Gasteiger partial charge >= 0.3 is 0 Å². The van der Waals surface area contributed by atoms with E-state index < -0.39 is 0 Å². The third kappa shape index (κ3) is 5.09. The quantitative estimate of drug-likeness (QED) is 0.829. The predicted octanol–water partition coefficient (Wildman–Crippen LogP) is 1.28. The number of carbonyl (C=O) groups is 1. The highest BCUT2D eigenvalue weighted by Crippen LogP contribution is 2.03. The van der Waals surface area contributed by atoms with E-state index >= 15 is 0 Å². The number of aliphatic hydroxyl groups is 1. The zero-order chi connectivity index (χ0) is 14.9. The van der Waals surface area contributed by atoms with Crippen molar-refractivity contribution in [1.82, 2.24) is 10.3 Å². The maximum Gasteiger partial charge on any atom is 0.224 e. The molecule has 2 N–H and O–H groups in total. The van der Waals surface area contributed by atoms with Crippen molar-refractivity contribution in [1.29, 1.82) is 0 Å². The van der Waals surface area contributed by atoms with Gasteiger partial charge in [0.1, 0.15) is 6.61 Å². The third-order valence-electron chi connectivity index (χ3n) is 2.84. The molecule has 1 aromatic carbocycles. The molecule has 0 saturated carbocycles. The second-order valence-electron chi connectivity index (χ2n) is 4.47. The molecular weight excluding hydrogens is 264 g/mol. The molecule has 0 unspecified atom stereocenters. The molecule has 4 heteroatoms. The second-order valence-corrected chi connectivity index (χ2v) is 4.47. The average Bonchev–Trinajstić information content (AvgIpc) is 2.53. The first-order valence-electron chi connectivity index (χ1n) is 6.62. The lowest BCUT2D eigenvalue weighted by Crippen LogP contribution is -2.24. The summed E-state index contributed by atoms with van der Waals surface area (Å²) in [6, 6.07) is 11.2. The van der Waals surface area contributed by atoms with Crippen LogP contribution in [0.1, 0.15) is 16.7 Å². The van der Waals surface area contributed by atoms with Crippen LogP contribution >= 0.6 is 0 Å². The van der Waals surface area contributed by atoms with E-state index in [-0.39, 0.29) is 12.5 Å². The minimum Gasteiger partial charge on any atom is -0.384 e. The predicted molar refractivity (Wildman–Crippen MR) is 80.2 cm³/mol. The van der Waals surface area contributed by atoms with Gasteiger partial charge in [0.2, 0.25) is 5.91 Å². The first-order chi connectivity index (χ1) is 10.3. The van der Waals surface area contributed by atoms with Crippen molar-refractivity contribution in [3.05, 3.63) is 65.5 Å². The molecule has 0 aliphatic rings. The number of hydrogen-bond acceptors (Lipinski definition) is 3. The Morgan fingerprint density at radius 3 is 2.67 bits per heavy atom. The highest BCUT2D eigenvalue weighted by atomic mass is 16.2. The van der Waals surface area contributed by atoms with E-state index in [1.807, 2.05) is 36.4 Å². The molecule has 2 rings (SSSR count). The molecule has 1 heterocycles. The van der Waals surface area contributed by atoms with Gasteiger partial charge < -0.3 is 10.4 Å². The summed E-state index contributed by atoms with van der Waals surface area (Å²) in [4.78, 5) is 15.8. The van der Waals surface area contributed by atoms with Crippen LogP contribution in [0.4, 0.5) is 0 Å². The van der Waals surface area contributed by atoms with Crippen LogP contribution in [0.25, 0.3) is 0 Å². The Hall–Kier alpha value is -2.64. The van der Waals surface area contributed by atoms with Gasteiger partial charge in [0.15, 0.2) is 0 Å². The lowest BCUT2D eigenvalue weighted by molar-refractivity contribution is -0.120. The molecule has 0 spiro atoms. The molecular formula is C17H16N2O2. The van der Waals surface area contributed by atoms with Crippen LogP contribution in [0.5, 0.6) is 0 Å². The van der Waals surface area contributed by atoms with Crippen molar-refractivity contribution in [3.8, 4) is 11.8 Å². The first kappa shape index (κ1) is 14.8. The smallest absolute Gasteiger partial charge is 0.224 e. The molecule has 0 radical (unpaired) electrons. The Balaban J connectivity index is 1.84. The largest absolute Gasteiger partial charge is 0.384 e. The topological polar surface area (TPSA) is 62.2 Å². The molecule has 0 atom stereocenters. The number of pyridine rings is 1. The molecule has 0 fully saturated rings. The van der Waals surface area contributed by atoms with E-state index in [1.165, 1.54) is 0 Å². The van der Waals surface area contributed by atoms with Gasteiger partial charge in [0, 0.05) is 24.5 Å². The van der Waals surface area contributed by atoms with Crippen LogP contribution in [0.2, 0.25) is 0 Å². The highest BCUT2D eigenvalue weighted by molar-refractivity contribution is 5.78. The number of nitrogens with zero attached hydrogens (tertiary/aromatic N) is 1. The van der Waals surface area contributed by atoms with Crippen molar-refractivity contribution in [2.24, 2.45) is 0 Å². The molecule has 1 aromatic heterocycles. The van der Waals surface area contributed by atoms with Crippen molar-refractivity contribution in [3.63, 3.8) is 0 Å². The second kappa shape index (κ2) is 7.83. The maximum absolute atomic E-state index is 11.8. The number of aliphatic hydroxyl groups excluding tert-OH is 1. The molecule has 0 bridgehead atoms. The monoisotopic (exact) mass is 280 g/mol. The van der Waals surface area contributed by atoms with E-state index in [1.54, 1.807) is 12.4 Å². The zero-order valence-electron chi connectivity index (χ0n) is 11.5. The first-order valence-corrected chi connectivity index (χ1v) is 6.62. The summed E-state index contributed by atoms with van der Waals surface area (Å²) < 4.78 is 0. The van der Waals surface area contributed by atoms with E-state index in [4.69, 9.17) is 5.11 Å². The number of nitrogens with one attached hydrogen (secondary N) is 1. The number of hydrogen-bond donors (Lipinski definition) is 2. The van der Waals surface area contributed by atoms with Crippen LogP contribution in [-0.4, -0.2) is 22.6 Å². The number of rotatable bonds is 4. The fraction of sp³-hybridized carbons (Fsp3) is 0.176. The lowest BCUT2D eigenvalue weighted by Gasteiger charge is -2.05. The van der Waals surface area contributed by atoms with Crippen LogP contribution in [0, 0.1) is 11.8 Å². The Morgan fingerprint density at radius 2 is 2.00 bits per heavy atom. The fourth-order valence-electron chi connectivity index (χ4n) is 1.80. The number of amides is 1. The molecule has 106 valence electrons.